The molecular formula is C26H34. The Morgan fingerprint density at radius 1 is 0.577 bits per heavy atom. The molecule has 0 radical (unpaired) electrons. The first-order valence-corrected chi connectivity index (χ1v) is 10.0. The van der Waals surface area contributed by atoms with Gasteiger partial charge in [-0.15, -0.1) is 0 Å². The Balaban J connectivity index is 2.10. The van der Waals surface area contributed by atoms with E-state index in [1.807, 2.05) is 0 Å². The predicted octanol–water partition coefficient (Wildman–Crippen LogP) is 7.25. The van der Waals surface area contributed by atoms with Crippen LogP contribution in [0.25, 0.3) is 0 Å². The first-order chi connectivity index (χ1) is 12.2. The summed E-state index contributed by atoms with van der Waals surface area (Å²) in [4.78, 5) is 0. The minimum Gasteiger partial charge on any atom is -0.0800 e. The Bertz CT molecular complexity index is 737. The van der Waals surface area contributed by atoms with Gasteiger partial charge >= 0.3 is 0 Å². The van der Waals surface area contributed by atoms with Crippen LogP contribution in [-0.4, -0.2) is 0 Å². The summed E-state index contributed by atoms with van der Waals surface area (Å²) >= 11 is 0. The van der Waals surface area contributed by atoms with Crippen LogP contribution in [0.1, 0.15) is 70.2 Å². The lowest BCUT2D eigenvalue weighted by atomic mass is 9.71. The van der Waals surface area contributed by atoms with Crippen LogP contribution >= 0.6 is 0 Å². The van der Waals surface area contributed by atoms with Gasteiger partial charge in [-0.05, 0) is 86.8 Å². The van der Waals surface area contributed by atoms with Crippen molar-refractivity contribution < 1.29 is 0 Å². The van der Waals surface area contributed by atoms with Crippen molar-refractivity contribution in [2.45, 2.75) is 67.2 Å². The van der Waals surface area contributed by atoms with Crippen LogP contribution in [0.2, 0.25) is 0 Å². The molecule has 2 atom stereocenters. The average molecular weight is 347 g/mol. The summed E-state index contributed by atoms with van der Waals surface area (Å²) < 4.78 is 0. The smallest absolute Gasteiger partial charge is 0.00630 e. The van der Waals surface area contributed by atoms with E-state index in [4.69, 9.17) is 0 Å². The molecular weight excluding hydrogens is 312 g/mol. The number of benzene rings is 2. The molecule has 0 N–H and O–H groups in total. The van der Waals surface area contributed by atoms with Crippen LogP contribution in [0.15, 0.2) is 36.4 Å². The number of hydrogen-bond donors (Lipinski definition) is 0. The van der Waals surface area contributed by atoms with Crippen molar-refractivity contribution in [3.05, 3.63) is 80.9 Å². The van der Waals surface area contributed by atoms with E-state index in [9.17, 15) is 0 Å². The summed E-state index contributed by atoms with van der Waals surface area (Å²) in [6.07, 6.45) is 5.00. The molecule has 0 aliphatic heterocycles. The first kappa shape index (κ1) is 19.0. The molecule has 0 aromatic heterocycles. The third kappa shape index (κ3) is 3.27. The van der Waals surface area contributed by atoms with E-state index >= 15 is 0 Å². The van der Waals surface area contributed by atoms with E-state index in [0.717, 1.165) is 0 Å². The zero-order valence-electron chi connectivity index (χ0n) is 17.8. The van der Waals surface area contributed by atoms with E-state index in [-0.39, 0.29) is 0 Å². The maximum atomic E-state index is 2.50. The van der Waals surface area contributed by atoms with Crippen LogP contribution in [0.3, 0.4) is 0 Å². The van der Waals surface area contributed by atoms with Gasteiger partial charge in [0.15, 0.2) is 0 Å². The van der Waals surface area contributed by atoms with Crippen LogP contribution in [0.4, 0.5) is 0 Å². The van der Waals surface area contributed by atoms with Crippen molar-refractivity contribution in [1.29, 1.82) is 0 Å². The molecule has 2 aromatic rings. The first-order valence-electron chi connectivity index (χ1n) is 10.0. The molecule has 2 aromatic carbocycles. The molecule has 0 nitrogen and oxygen atoms in total. The van der Waals surface area contributed by atoms with Crippen LogP contribution in [0.5, 0.6) is 0 Å². The van der Waals surface area contributed by atoms with E-state index < -0.39 is 0 Å². The van der Waals surface area contributed by atoms with Crippen molar-refractivity contribution in [3.63, 3.8) is 0 Å². The number of allylic oxidation sites excluding steroid dienone is 2. The Morgan fingerprint density at radius 2 is 0.885 bits per heavy atom. The van der Waals surface area contributed by atoms with Crippen LogP contribution in [-0.2, 0) is 0 Å². The third-order valence-corrected chi connectivity index (χ3v) is 6.27. The number of hydrogen-bond acceptors (Lipinski definition) is 0. The van der Waals surface area contributed by atoms with Gasteiger partial charge in [0.1, 0.15) is 0 Å². The molecule has 0 fully saturated rings. The van der Waals surface area contributed by atoms with Crippen molar-refractivity contribution in [1.82, 2.24) is 0 Å². The second-order valence-corrected chi connectivity index (χ2v) is 8.88. The van der Waals surface area contributed by atoms with Crippen molar-refractivity contribution in [2.24, 2.45) is 11.8 Å². The molecule has 0 spiro atoms. The van der Waals surface area contributed by atoms with Crippen molar-refractivity contribution in [3.8, 4) is 0 Å². The third-order valence-electron chi connectivity index (χ3n) is 6.27. The highest BCUT2D eigenvalue weighted by atomic mass is 14.4. The van der Waals surface area contributed by atoms with Gasteiger partial charge in [0.25, 0.3) is 0 Å². The molecule has 0 saturated heterocycles. The molecule has 0 amide bonds. The summed E-state index contributed by atoms with van der Waals surface area (Å²) in [5.74, 6) is 2.29. The molecule has 138 valence electrons. The zero-order valence-corrected chi connectivity index (χ0v) is 17.8. The lowest BCUT2D eigenvalue weighted by Gasteiger charge is -2.33. The predicted molar refractivity (Wildman–Crippen MR) is 114 cm³/mol. The second kappa shape index (κ2) is 7.06. The Hall–Kier alpha value is -1.82. The molecule has 1 aliphatic carbocycles. The molecule has 0 heterocycles. The Labute approximate surface area is 160 Å². The molecule has 0 saturated carbocycles. The van der Waals surface area contributed by atoms with Crippen LogP contribution < -0.4 is 0 Å². The lowest BCUT2D eigenvalue weighted by molar-refractivity contribution is 0.338. The average Bonchev–Trinajstić information content (AvgIpc) is 2.89. The highest BCUT2D eigenvalue weighted by molar-refractivity contribution is 5.48. The minimum atomic E-state index is 0.515. The Morgan fingerprint density at radius 3 is 1.15 bits per heavy atom. The molecule has 0 bridgehead atoms. The standard InChI is InChI=1S/C26H34/c1-15(2)24-22(25-18(5)11-16(3)12-19(25)6)9-10-23(24)26-20(7)13-17(4)14-21(26)8/h9-15,22-24H,1-8H3. The fourth-order valence-corrected chi connectivity index (χ4v) is 5.56. The summed E-state index contributed by atoms with van der Waals surface area (Å²) in [5.41, 5.74) is 11.6. The van der Waals surface area contributed by atoms with Crippen molar-refractivity contribution >= 4 is 0 Å². The molecule has 3 rings (SSSR count). The summed E-state index contributed by atoms with van der Waals surface area (Å²) in [7, 11) is 0. The van der Waals surface area contributed by atoms with E-state index in [1.54, 1.807) is 11.1 Å². The summed E-state index contributed by atoms with van der Waals surface area (Å²) in [6, 6.07) is 9.40. The second-order valence-electron chi connectivity index (χ2n) is 8.88. The molecule has 0 heteroatoms. The fourth-order valence-electron chi connectivity index (χ4n) is 5.56. The topological polar surface area (TPSA) is 0 Å². The fraction of sp³-hybridized carbons (Fsp3) is 0.462. The van der Waals surface area contributed by atoms with Crippen LogP contribution in [0, 0.1) is 53.4 Å². The highest BCUT2D eigenvalue weighted by Crippen LogP contribution is 2.50. The van der Waals surface area contributed by atoms with Gasteiger partial charge in [-0.3, -0.25) is 0 Å². The monoisotopic (exact) mass is 346 g/mol. The van der Waals surface area contributed by atoms with Gasteiger partial charge in [-0.1, -0.05) is 61.4 Å². The van der Waals surface area contributed by atoms with E-state index in [1.165, 1.54) is 33.4 Å². The SMILES string of the molecule is Cc1cc(C)c(C2C=CC(c3c(C)cc(C)cc3C)C2C(C)C)c(C)c1. The summed E-state index contributed by atoms with van der Waals surface area (Å²) in [5, 5.41) is 0. The van der Waals surface area contributed by atoms with E-state index in [2.05, 4.69) is 91.8 Å². The van der Waals surface area contributed by atoms with E-state index in [0.29, 0.717) is 23.7 Å². The molecule has 26 heavy (non-hydrogen) atoms. The molecule has 1 aliphatic rings. The van der Waals surface area contributed by atoms with Gasteiger partial charge in [0, 0.05) is 11.8 Å². The van der Waals surface area contributed by atoms with Gasteiger partial charge in [-0.25, -0.2) is 0 Å². The van der Waals surface area contributed by atoms with Gasteiger partial charge in [-0.2, -0.15) is 0 Å². The minimum absolute atomic E-state index is 0.515. The normalized spacial score (nSPS) is 22.4. The number of aryl methyl sites for hydroxylation is 6. The zero-order chi connectivity index (χ0) is 19.2. The maximum Gasteiger partial charge on any atom is 0.00630 e. The number of rotatable bonds is 3. The summed E-state index contributed by atoms with van der Waals surface area (Å²) in [6.45, 7) is 18.4. The van der Waals surface area contributed by atoms with Gasteiger partial charge in [0.05, 0.1) is 0 Å². The largest absolute Gasteiger partial charge is 0.0800 e. The molecule has 2 unspecified atom stereocenters. The van der Waals surface area contributed by atoms with Gasteiger partial charge in [0.2, 0.25) is 0 Å². The highest BCUT2D eigenvalue weighted by Gasteiger charge is 2.37. The maximum absolute atomic E-state index is 2.50. The Kier molecular flexibility index (Phi) is 5.15. The van der Waals surface area contributed by atoms with Gasteiger partial charge < -0.3 is 0 Å². The van der Waals surface area contributed by atoms with Crippen molar-refractivity contribution in [2.75, 3.05) is 0 Å². The lowest BCUT2D eigenvalue weighted by Crippen LogP contribution is -2.22. The quantitative estimate of drug-likeness (QED) is 0.513.